The minimum absolute atomic E-state index is 0.00255. The molecule has 2 aromatic rings. The Morgan fingerprint density at radius 1 is 1.36 bits per heavy atom. The summed E-state index contributed by atoms with van der Waals surface area (Å²) in [5, 5.41) is 21.5. The van der Waals surface area contributed by atoms with Crippen molar-refractivity contribution in [3.63, 3.8) is 0 Å². The van der Waals surface area contributed by atoms with E-state index in [0.717, 1.165) is 11.3 Å². The maximum Gasteiger partial charge on any atom is 0.292 e. The fraction of sp³-hybridized carbons (Fsp3) is 0.368. The zero-order chi connectivity index (χ0) is 20.7. The molecule has 9 heteroatoms. The van der Waals surface area contributed by atoms with Gasteiger partial charge in [-0.2, -0.15) is 5.10 Å². The maximum atomic E-state index is 12.0. The van der Waals surface area contributed by atoms with Crippen LogP contribution in [0, 0.1) is 23.0 Å². The van der Waals surface area contributed by atoms with E-state index < -0.39 is 4.92 Å². The van der Waals surface area contributed by atoms with E-state index >= 15 is 0 Å². The second kappa shape index (κ2) is 9.89. The number of nitro benzene ring substituents is 1. The van der Waals surface area contributed by atoms with Crippen LogP contribution in [0.1, 0.15) is 25.1 Å². The van der Waals surface area contributed by atoms with E-state index in [2.05, 4.69) is 29.6 Å². The van der Waals surface area contributed by atoms with E-state index in [-0.39, 0.29) is 11.6 Å². The highest BCUT2D eigenvalue weighted by molar-refractivity contribution is 6.31. The average Bonchev–Trinajstić information content (AvgIpc) is 2.89. The lowest BCUT2D eigenvalue weighted by Gasteiger charge is -2.07. The molecule has 28 heavy (non-hydrogen) atoms. The molecule has 0 bridgehead atoms. The molecular formula is C19H24ClN5O3. The molecule has 0 radical (unpaired) electrons. The smallest absolute Gasteiger partial charge is 0.292 e. The van der Waals surface area contributed by atoms with Crippen LogP contribution in [0.4, 0.5) is 11.4 Å². The van der Waals surface area contributed by atoms with Gasteiger partial charge in [0.15, 0.2) is 0 Å². The molecular weight excluding hydrogens is 382 g/mol. The van der Waals surface area contributed by atoms with Crippen molar-refractivity contribution >= 4 is 35.0 Å². The Labute approximate surface area is 168 Å². The molecule has 0 fully saturated rings. The van der Waals surface area contributed by atoms with Crippen molar-refractivity contribution in [3.8, 4) is 0 Å². The predicted molar refractivity (Wildman–Crippen MR) is 110 cm³/mol. The summed E-state index contributed by atoms with van der Waals surface area (Å²) in [4.78, 5) is 22.5. The highest BCUT2D eigenvalue weighted by Crippen LogP contribution is 2.23. The standard InChI is InChI=1S/C19H24ClN5O3/c1-13(2)12-24-19(20)15(14(3)23-24)8-9-18(26)22-11-10-21-16-6-4-5-7-17(16)25(27)28/h4-9,13,21H,10-12H2,1-3H3,(H,22,26)/b9-8+. The Balaban J connectivity index is 1.87. The third-order valence-electron chi connectivity index (χ3n) is 3.89. The third-order valence-corrected chi connectivity index (χ3v) is 4.29. The first-order chi connectivity index (χ1) is 13.3. The number of aromatic nitrogens is 2. The molecule has 0 aliphatic carbocycles. The van der Waals surface area contributed by atoms with Crippen molar-refractivity contribution in [3.05, 3.63) is 56.9 Å². The Morgan fingerprint density at radius 2 is 2.07 bits per heavy atom. The van der Waals surface area contributed by atoms with E-state index in [9.17, 15) is 14.9 Å². The van der Waals surface area contributed by atoms with Crippen LogP contribution in [0.15, 0.2) is 30.3 Å². The van der Waals surface area contributed by atoms with Crippen molar-refractivity contribution in [1.29, 1.82) is 0 Å². The molecule has 0 aliphatic rings. The summed E-state index contributed by atoms with van der Waals surface area (Å²) in [5.74, 6) is 0.126. The number of benzene rings is 1. The normalized spacial score (nSPS) is 11.2. The number of anilines is 1. The Bertz CT molecular complexity index is 876. The molecule has 1 aromatic carbocycles. The lowest BCUT2D eigenvalue weighted by molar-refractivity contribution is -0.384. The van der Waals surface area contributed by atoms with E-state index in [1.165, 1.54) is 12.1 Å². The van der Waals surface area contributed by atoms with Crippen LogP contribution in [-0.2, 0) is 11.3 Å². The number of nitrogens with one attached hydrogen (secondary N) is 2. The van der Waals surface area contributed by atoms with Gasteiger partial charge in [-0.1, -0.05) is 37.6 Å². The predicted octanol–water partition coefficient (Wildman–Crippen LogP) is 3.65. The van der Waals surface area contributed by atoms with Gasteiger partial charge in [-0.3, -0.25) is 19.6 Å². The van der Waals surface area contributed by atoms with Gasteiger partial charge in [-0.25, -0.2) is 0 Å². The molecule has 1 aromatic heterocycles. The fourth-order valence-electron chi connectivity index (χ4n) is 2.61. The van der Waals surface area contributed by atoms with Gasteiger partial charge >= 0.3 is 0 Å². The highest BCUT2D eigenvalue weighted by Gasteiger charge is 2.13. The van der Waals surface area contributed by atoms with Crippen LogP contribution < -0.4 is 10.6 Å². The van der Waals surface area contributed by atoms with Crippen LogP contribution in [0.25, 0.3) is 6.08 Å². The summed E-state index contributed by atoms with van der Waals surface area (Å²) in [6, 6.07) is 6.36. The summed E-state index contributed by atoms with van der Waals surface area (Å²) >= 11 is 6.34. The van der Waals surface area contributed by atoms with Gasteiger partial charge in [0.25, 0.3) is 5.69 Å². The number of nitrogens with zero attached hydrogens (tertiary/aromatic N) is 3. The monoisotopic (exact) mass is 405 g/mol. The fourth-order valence-corrected chi connectivity index (χ4v) is 2.91. The third kappa shape index (κ3) is 5.82. The highest BCUT2D eigenvalue weighted by atomic mass is 35.5. The zero-order valence-corrected chi connectivity index (χ0v) is 16.9. The van der Waals surface area contributed by atoms with Crippen LogP contribution in [0.5, 0.6) is 0 Å². The first-order valence-corrected chi connectivity index (χ1v) is 9.33. The SMILES string of the molecule is Cc1nn(CC(C)C)c(Cl)c1/C=C/C(=O)NCCNc1ccccc1[N+](=O)[O-]. The molecule has 0 saturated carbocycles. The minimum Gasteiger partial charge on any atom is -0.378 e. The number of carbonyl (C=O) groups excluding carboxylic acids is 1. The maximum absolute atomic E-state index is 12.0. The van der Waals surface area contributed by atoms with Gasteiger partial charge in [-0.15, -0.1) is 0 Å². The summed E-state index contributed by atoms with van der Waals surface area (Å²) in [7, 11) is 0. The number of rotatable bonds is 9. The lowest BCUT2D eigenvalue weighted by atomic mass is 10.2. The van der Waals surface area contributed by atoms with Gasteiger partial charge in [-0.05, 0) is 25.0 Å². The van der Waals surface area contributed by atoms with E-state index in [1.54, 1.807) is 29.0 Å². The van der Waals surface area contributed by atoms with E-state index in [0.29, 0.717) is 36.4 Å². The zero-order valence-electron chi connectivity index (χ0n) is 16.1. The van der Waals surface area contributed by atoms with Gasteiger partial charge in [0.1, 0.15) is 10.8 Å². The van der Waals surface area contributed by atoms with Crippen molar-refractivity contribution < 1.29 is 9.72 Å². The number of halogens is 1. The van der Waals surface area contributed by atoms with E-state index in [1.807, 2.05) is 6.92 Å². The van der Waals surface area contributed by atoms with Gasteiger partial charge < -0.3 is 10.6 Å². The topological polar surface area (TPSA) is 102 Å². The van der Waals surface area contributed by atoms with Crippen molar-refractivity contribution in [2.24, 2.45) is 5.92 Å². The Morgan fingerprint density at radius 3 is 2.75 bits per heavy atom. The first-order valence-electron chi connectivity index (χ1n) is 8.95. The number of para-hydroxylation sites is 2. The van der Waals surface area contributed by atoms with Crippen molar-refractivity contribution in [2.45, 2.75) is 27.3 Å². The largest absolute Gasteiger partial charge is 0.378 e. The van der Waals surface area contributed by atoms with E-state index in [4.69, 9.17) is 11.6 Å². The summed E-state index contributed by atoms with van der Waals surface area (Å²) in [5.41, 5.74) is 1.89. The number of hydrogen-bond acceptors (Lipinski definition) is 5. The van der Waals surface area contributed by atoms with Crippen LogP contribution in [-0.4, -0.2) is 33.7 Å². The summed E-state index contributed by atoms with van der Waals surface area (Å²) < 4.78 is 1.73. The molecule has 1 amide bonds. The first kappa shape index (κ1) is 21.4. The lowest BCUT2D eigenvalue weighted by Crippen LogP contribution is -2.27. The number of aryl methyl sites for hydroxylation is 1. The molecule has 0 aliphatic heterocycles. The number of hydrogen-bond donors (Lipinski definition) is 2. The van der Waals surface area contributed by atoms with Gasteiger partial charge in [0.05, 0.1) is 10.6 Å². The number of carbonyl (C=O) groups is 1. The molecule has 8 nitrogen and oxygen atoms in total. The van der Waals surface area contributed by atoms with Gasteiger partial charge in [0, 0.05) is 37.3 Å². The van der Waals surface area contributed by atoms with Crippen LogP contribution in [0.3, 0.4) is 0 Å². The molecule has 2 N–H and O–H groups in total. The van der Waals surface area contributed by atoms with Gasteiger partial charge in [0.2, 0.25) is 5.91 Å². The Hall–Kier alpha value is -2.87. The van der Waals surface area contributed by atoms with Crippen LogP contribution in [0.2, 0.25) is 5.15 Å². The molecule has 150 valence electrons. The molecule has 0 atom stereocenters. The second-order valence-electron chi connectivity index (χ2n) is 6.69. The molecule has 2 rings (SSSR count). The quantitative estimate of drug-likeness (QED) is 0.287. The minimum atomic E-state index is -0.449. The molecule has 0 spiro atoms. The van der Waals surface area contributed by atoms with Crippen LogP contribution >= 0.6 is 11.6 Å². The van der Waals surface area contributed by atoms with Crippen molar-refractivity contribution in [1.82, 2.24) is 15.1 Å². The van der Waals surface area contributed by atoms with Crippen molar-refractivity contribution in [2.75, 3.05) is 18.4 Å². The average molecular weight is 406 g/mol. The molecule has 0 unspecified atom stereocenters. The Kier molecular flexibility index (Phi) is 7.57. The summed E-state index contributed by atoms with van der Waals surface area (Å²) in [6.07, 6.45) is 3.05. The number of nitro groups is 1. The summed E-state index contributed by atoms with van der Waals surface area (Å²) in [6.45, 7) is 7.38. The number of amides is 1. The second-order valence-corrected chi connectivity index (χ2v) is 7.05. The molecule has 1 heterocycles. The molecule has 0 saturated heterocycles.